The highest BCUT2D eigenvalue weighted by Gasteiger charge is 2.20. The van der Waals surface area contributed by atoms with Gasteiger partial charge >= 0.3 is 0 Å². The van der Waals surface area contributed by atoms with Crippen molar-refractivity contribution in [3.63, 3.8) is 0 Å². The molecule has 4 nitrogen and oxygen atoms in total. The monoisotopic (exact) mass is 294 g/mol. The van der Waals surface area contributed by atoms with Gasteiger partial charge in [0.2, 0.25) is 0 Å². The second-order valence-corrected chi connectivity index (χ2v) is 5.50. The summed E-state index contributed by atoms with van der Waals surface area (Å²) in [5, 5.41) is 8.00. The lowest BCUT2D eigenvalue weighted by Gasteiger charge is -2.19. The van der Waals surface area contributed by atoms with Crippen molar-refractivity contribution in [2.75, 3.05) is 13.1 Å². The van der Waals surface area contributed by atoms with Crippen molar-refractivity contribution in [3.05, 3.63) is 28.1 Å². The second kappa shape index (κ2) is 4.38. The van der Waals surface area contributed by atoms with E-state index in [4.69, 9.17) is 0 Å². The molecule has 1 aliphatic heterocycles. The van der Waals surface area contributed by atoms with Gasteiger partial charge in [0.25, 0.3) is 0 Å². The molecule has 0 spiro atoms. The Labute approximate surface area is 109 Å². The Balaban J connectivity index is 2.03. The number of pyridine rings is 1. The molecule has 2 aromatic rings. The van der Waals surface area contributed by atoms with E-state index in [1.807, 2.05) is 10.7 Å². The largest absolute Gasteiger partial charge is 0.316 e. The van der Waals surface area contributed by atoms with Gasteiger partial charge in [-0.2, -0.15) is 5.10 Å². The lowest BCUT2D eigenvalue weighted by molar-refractivity contribution is 0.447. The molecule has 1 aliphatic rings. The minimum Gasteiger partial charge on any atom is -0.316 e. The van der Waals surface area contributed by atoms with E-state index >= 15 is 0 Å². The summed E-state index contributed by atoms with van der Waals surface area (Å²) in [4.78, 5) is 4.64. The third kappa shape index (κ3) is 2.09. The van der Waals surface area contributed by atoms with Crippen LogP contribution >= 0.6 is 15.9 Å². The van der Waals surface area contributed by atoms with Gasteiger partial charge in [-0.25, -0.2) is 9.50 Å². The van der Waals surface area contributed by atoms with Gasteiger partial charge < -0.3 is 5.32 Å². The zero-order chi connectivity index (χ0) is 11.8. The smallest absolute Gasteiger partial charge is 0.169 e. The highest BCUT2D eigenvalue weighted by atomic mass is 79.9. The van der Waals surface area contributed by atoms with E-state index in [0.717, 1.165) is 29.0 Å². The van der Waals surface area contributed by atoms with E-state index in [9.17, 15) is 0 Å². The van der Waals surface area contributed by atoms with Crippen LogP contribution in [0.1, 0.15) is 30.1 Å². The Kier molecular flexibility index (Phi) is 2.88. The van der Waals surface area contributed by atoms with Gasteiger partial charge in [0, 0.05) is 18.7 Å². The lowest BCUT2D eigenvalue weighted by atomic mass is 9.99. The number of nitrogens with one attached hydrogen (secondary N) is 1. The fourth-order valence-electron chi connectivity index (χ4n) is 2.33. The first-order valence-corrected chi connectivity index (χ1v) is 6.76. The van der Waals surface area contributed by atoms with E-state index < -0.39 is 0 Å². The molecule has 0 radical (unpaired) electrons. The number of fused-ring (bicyclic) bond motifs is 1. The van der Waals surface area contributed by atoms with Gasteiger partial charge in [0.1, 0.15) is 0 Å². The van der Waals surface area contributed by atoms with Crippen molar-refractivity contribution >= 4 is 21.6 Å². The molecule has 5 heteroatoms. The zero-order valence-corrected chi connectivity index (χ0v) is 11.4. The Bertz CT molecular complexity index is 543. The number of aryl methyl sites for hydroxylation is 1. The number of rotatable bonds is 1. The van der Waals surface area contributed by atoms with Crippen LogP contribution in [0.3, 0.4) is 0 Å². The number of halogens is 1. The van der Waals surface area contributed by atoms with Crippen molar-refractivity contribution in [2.24, 2.45) is 0 Å². The molecule has 0 amide bonds. The first kappa shape index (κ1) is 11.2. The first-order chi connectivity index (χ1) is 8.24. The average molecular weight is 295 g/mol. The summed E-state index contributed by atoms with van der Waals surface area (Å²) >= 11 is 3.55. The van der Waals surface area contributed by atoms with Crippen LogP contribution in [0.15, 0.2) is 16.7 Å². The number of piperidine rings is 1. The molecule has 0 aromatic carbocycles. The fraction of sp³-hybridized carbons (Fsp3) is 0.500. The molecule has 1 saturated heterocycles. The number of aromatic nitrogens is 3. The summed E-state index contributed by atoms with van der Waals surface area (Å²) in [5.41, 5.74) is 2.10. The molecular weight excluding hydrogens is 280 g/mol. The highest BCUT2D eigenvalue weighted by molar-refractivity contribution is 9.10. The van der Waals surface area contributed by atoms with Crippen LogP contribution in [0, 0.1) is 6.92 Å². The molecule has 2 aromatic heterocycles. The lowest BCUT2D eigenvalue weighted by Crippen LogP contribution is -2.28. The van der Waals surface area contributed by atoms with E-state index in [1.54, 1.807) is 0 Å². The van der Waals surface area contributed by atoms with Crippen molar-refractivity contribution < 1.29 is 0 Å². The predicted molar refractivity (Wildman–Crippen MR) is 70.3 cm³/mol. The predicted octanol–water partition coefficient (Wildman–Crippen LogP) is 2.27. The normalized spacial score (nSPS) is 20.9. The minimum atomic E-state index is 0.454. The molecule has 1 atom stereocenters. The summed E-state index contributed by atoms with van der Waals surface area (Å²) < 4.78 is 2.89. The van der Waals surface area contributed by atoms with Crippen LogP contribution in [0.5, 0.6) is 0 Å². The third-order valence-electron chi connectivity index (χ3n) is 3.20. The van der Waals surface area contributed by atoms with Gasteiger partial charge in [0.05, 0.1) is 4.47 Å². The molecule has 1 N–H and O–H groups in total. The van der Waals surface area contributed by atoms with E-state index in [1.165, 1.54) is 18.4 Å². The maximum Gasteiger partial charge on any atom is 0.169 e. The van der Waals surface area contributed by atoms with Crippen LogP contribution in [-0.4, -0.2) is 27.7 Å². The Morgan fingerprint density at radius 3 is 3.18 bits per heavy atom. The van der Waals surface area contributed by atoms with Crippen molar-refractivity contribution in [2.45, 2.75) is 25.7 Å². The van der Waals surface area contributed by atoms with Gasteiger partial charge in [-0.1, -0.05) is 0 Å². The topological polar surface area (TPSA) is 42.2 Å². The van der Waals surface area contributed by atoms with Crippen molar-refractivity contribution in [1.82, 2.24) is 19.9 Å². The number of hydrogen-bond donors (Lipinski definition) is 1. The minimum absolute atomic E-state index is 0.454. The van der Waals surface area contributed by atoms with Crippen LogP contribution in [0.4, 0.5) is 0 Å². The SMILES string of the molecule is Cc1cc(Br)c2nc(C3CCCNC3)nn2c1. The van der Waals surface area contributed by atoms with Crippen LogP contribution < -0.4 is 5.32 Å². The van der Waals surface area contributed by atoms with Gasteiger partial charge in [0.15, 0.2) is 11.5 Å². The molecule has 0 aliphatic carbocycles. The Morgan fingerprint density at radius 1 is 1.53 bits per heavy atom. The maximum atomic E-state index is 4.64. The zero-order valence-electron chi connectivity index (χ0n) is 9.78. The number of hydrogen-bond acceptors (Lipinski definition) is 3. The van der Waals surface area contributed by atoms with Gasteiger partial charge in [-0.15, -0.1) is 0 Å². The van der Waals surface area contributed by atoms with E-state index in [0.29, 0.717) is 5.92 Å². The number of nitrogens with zero attached hydrogens (tertiary/aromatic N) is 3. The van der Waals surface area contributed by atoms with Crippen molar-refractivity contribution in [3.8, 4) is 0 Å². The molecule has 3 rings (SSSR count). The van der Waals surface area contributed by atoms with Crippen LogP contribution in [0.25, 0.3) is 5.65 Å². The van der Waals surface area contributed by atoms with Gasteiger partial charge in [-0.3, -0.25) is 0 Å². The summed E-state index contributed by atoms with van der Waals surface area (Å²) in [6, 6.07) is 2.08. The molecule has 90 valence electrons. The standard InChI is InChI=1S/C12H15BrN4/c1-8-5-10(13)12-15-11(16-17(12)7-8)9-3-2-4-14-6-9/h5,7,9,14H,2-4,6H2,1H3. The molecule has 1 unspecified atom stereocenters. The third-order valence-corrected chi connectivity index (χ3v) is 3.79. The average Bonchev–Trinajstić information content (AvgIpc) is 2.74. The van der Waals surface area contributed by atoms with Crippen molar-refractivity contribution in [1.29, 1.82) is 0 Å². The molecule has 0 saturated carbocycles. The summed E-state index contributed by atoms with van der Waals surface area (Å²) in [5.74, 6) is 1.42. The van der Waals surface area contributed by atoms with E-state index in [2.05, 4.69) is 44.3 Å². The first-order valence-electron chi connectivity index (χ1n) is 5.97. The van der Waals surface area contributed by atoms with Crippen LogP contribution in [-0.2, 0) is 0 Å². The molecule has 17 heavy (non-hydrogen) atoms. The van der Waals surface area contributed by atoms with E-state index in [-0.39, 0.29) is 0 Å². The van der Waals surface area contributed by atoms with Gasteiger partial charge in [-0.05, 0) is 53.9 Å². The fourth-order valence-corrected chi connectivity index (χ4v) is 2.96. The molecule has 3 heterocycles. The quantitative estimate of drug-likeness (QED) is 0.877. The second-order valence-electron chi connectivity index (χ2n) is 4.65. The highest BCUT2D eigenvalue weighted by Crippen LogP contribution is 2.24. The molecule has 1 fully saturated rings. The molecular formula is C12H15BrN4. The Hall–Kier alpha value is -0.940. The molecule has 0 bridgehead atoms. The summed E-state index contributed by atoms with van der Waals surface area (Å²) in [6.45, 7) is 4.17. The Morgan fingerprint density at radius 2 is 2.41 bits per heavy atom. The van der Waals surface area contributed by atoms with Crippen LogP contribution in [0.2, 0.25) is 0 Å². The summed E-state index contributed by atoms with van der Waals surface area (Å²) in [7, 11) is 0. The maximum absolute atomic E-state index is 4.64. The summed E-state index contributed by atoms with van der Waals surface area (Å²) in [6.07, 6.45) is 4.41.